The van der Waals surface area contributed by atoms with Gasteiger partial charge >= 0.3 is 0 Å². The van der Waals surface area contributed by atoms with Crippen molar-refractivity contribution in [2.75, 3.05) is 7.11 Å². The van der Waals surface area contributed by atoms with Crippen LogP contribution in [0.4, 0.5) is 17.1 Å². The van der Waals surface area contributed by atoms with Crippen molar-refractivity contribution in [1.82, 2.24) is 4.57 Å². The Labute approximate surface area is 181 Å². The third-order valence-corrected chi connectivity index (χ3v) is 4.76. The van der Waals surface area contributed by atoms with E-state index < -0.39 is 27.1 Å². The molecule has 0 radical (unpaired) electrons. The Bertz CT molecular complexity index is 1220. The lowest BCUT2D eigenvalue weighted by Crippen LogP contribution is -1.99. The zero-order chi connectivity index (χ0) is 23.4. The normalized spacial score (nSPS) is 11.2. The summed E-state index contributed by atoms with van der Waals surface area (Å²) in [5.74, 6) is -0.737. The summed E-state index contributed by atoms with van der Waals surface area (Å²) in [4.78, 5) is 32.9. The summed E-state index contributed by atoms with van der Waals surface area (Å²) in [6.07, 6.45) is 1.67. The molecule has 0 spiro atoms. The molecule has 0 aliphatic heterocycles. The highest BCUT2D eigenvalue weighted by Crippen LogP contribution is 2.40. The van der Waals surface area contributed by atoms with Crippen molar-refractivity contribution >= 4 is 33.9 Å². The Morgan fingerprint density at radius 1 is 1.12 bits per heavy atom. The van der Waals surface area contributed by atoms with Crippen LogP contribution in [0.1, 0.15) is 30.1 Å². The number of rotatable bonds is 8. The summed E-state index contributed by atoms with van der Waals surface area (Å²) in [6, 6.07) is 7.60. The van der Waals surface area contributed by atoms with Crippen LogP contribution < -0.4 is 4.74 Å². The summed E-state index contributed by atoms with van der Waals surface area (Å²) in [7, 11) is 1.48. The predicted molar refractivity (Wildman–Crippen MR) is 114 cm³/mol. The lowest BCUT2D eigenvalue weighted by molar-refractivity contribution is -0.394. The zero-order valence-electron chi connectivity index (χ0n) is 17.2. The van der Waals surface area contributed by atoms with Crippen LogP contribution in [0.15, 0.2) is 46.6 Å². The number of benzene rings is 2. The average molecular weight is 441 g/mol. The molecule has 0 fully saturated rings. The molecule has 0 atom stereocenters. The average Bonchev–Trinajstić information content (AvgIpc) is 3.05. The molecule has 1 N–H and O–H groups in total. The Hall–Kier alpha value is -4.35. The van der Waals surface area contributed by atoms with Gasteiger partial charge in [0.05, 0.1) is 34.1 Å². The van der Waals surface area contributed by atoms with E-state index in [0.717, 1.165) is 31.0 Å². The van der Waals surface area contributed by atoms with Crippen LogP contribution in [0.5, 0.6) is 11.6 Å². The summed E-state index contributed by atoms with van der Waals surface area (Å²) < 4.78 is 6.85. The van der Waals surface area contributed by atoms with Gasteiger partial charge in [0.15, 0.2) is 5.69 Å². The van der Waals surface area contributed by atoms with Gasteiger partial charge in [0.25, 0.3) is 17.3 Å². The number of amides is 1. The highest BCUT2D eigenvalue weighted by atomic mass is 16.6. The van der Waals surface area contributed by atoms with Crippen molar-refractivity contribution in [3.8, 4) is 11.6 Å². The Morgan fingerprint density at radius 3 is 2.34 bits per heavy atom. The maximum Gasteiger partial charge on any atom is 0.295 e. The number of unbranched alkanes of at least 4 members (excludes halogenated alkanes) is 1. The summed E-state index contributed by atoms with van der Waals surface area (Å²) in [5, 5.41) is 40.7. The number of carbonyl (C=O) groups excluding carboxylic acids is 1. The van der Waals surface area contributed by atoms with Crippen molar-refractivity contribution < 1.29 is 24.5 Å². The van der Waals surface area contributed by atoms with Gasteiger partial charge in [-0.1, -0.05) is 13.3 Å². The number of ether oxygens (including phenoxy) is 1. The second-order valence-corrected chi connectivity index (χ2v) is 6.82. The fourth-order valence-electron chi connectivity index (χ4n) is 3.15. The number of aromatic nitrogens is 1. The van der Waals surface area contributed by atoms with E-state index in [4.69, 9.17) is 4.74 Å². The molecule has 0 bridgehead atoms. The summed E-state index contributed by atoms with van der Waals surface area (Å²) in [5.41, 5.74) is -0.947. The Balaban J connectivity index is 2.06. The van der Waals surface area contributed by atoms with Gasteiger partial charge in [0.2, 0.25) is 5.88 Å². The number of fused-ring (bicyclic) bond motifs is 1. The predicted octanol–water partition coefficient (Wildman–Crippen LogP) is 4.90. The van der Waals surface area contributed by atoms with E-state index in [1.165, 1.54) is 7.11 Å². The van der Waals surface area contributed by atoms with Crippen LogP contribution in [0.25, 0.3) is 10.9 Å². The van der Waals surface area contributed by atoms with Crippen LogP contribution in [0.2, 0.25) is 0 Å². The van der Waals surface area contributed by atoms with Gasteiger partial charge in [0, 0.05) is 24.1 Å². The number of aromatic hydroxyl groups is 1. The number of methoxy groups -OCH3 is 1. The minimum Gasteiger partial charge on any atom is -0.497 e. The molecule has 3 aromatic rings. The number of carbonyl (C=O) groups is 1. The maximum absolute atomic E-state index is 12.5. The van der Waals surface area contributed by atoms with Gasteiger partial charge in [-0.15, -0.1) is 10.2 Å². The Kier molecular flexibility index (Phi) is 6.42. The molecule has 1 heterocycles. The third kappa shape index (κ3) is 4.38. The van der Waals surface area contributed by atoms with Crippen molar-refractivity contribution in [3.63, 3.8) is 0 Å². The van der Waals surface area contributed by atoms with E-state index in [1.807, 2.05) is 6.92 Å². The SMILES string of the molecule is CCCCn1c(O)c(N=NC(=O)c2cc([N+](=O)[O-])cc([N+](=O)[O-])c2)c2cc(OC)ccc21. The first-order chi connectivity index (χ1) is 15.3. The summed E-state index contributed by atoms with van der Waals surface area (Å²) >= 11 is 0. The molecule has 166 valence electrons. The molecule has 0 saturated carbocycles. The standard InChI is InChI=1S/C20H19N5O7/c1-3-4-7-23-17-6-5-15(32-2)11-16(17)18(20(23)27)21-22-19(26)12-8-13(24(28)29)10-14(9-12)25(30)31/h5-6,8-11,27H,3-4,7H2,1-2H3. The molecule has 0 saturated heterocycles. The number of nitrogens with zero attached hydrogens (tertiary/aromatic N) is 5. The van der Waals surface area contributed by atoms with Crippen LogP contribution in [0.3, 0.4) is 0 Å². The van der Waals surface area contributed by atoms with Gasteiger partial charge in [-0.3, -0.25) is 25.0 Å². The van der Waals surface area contributed by atoms with E-state index in [9.17, 15) is 30.1 Å². The minimum absolute atomic E-state index is 0.0169. The molecular weight excluding hydrogens is 422 g/mol. The second kappa shape index (κ2) is 9.20. The molecule has 3 rings (SSSR count). The molecule has 32 heavy (non-hydrogen) atoms. The molecule has 1 aromatic heterocycles. The highest BCUT2D eigenvalue weighted by Gasteiger charge is 2.21. The van der Waals surface area contributed by atoms with Crippen molar-refractivity contribution in [2.24, 2.45) is 10.2 Å². The van der Waals surface area contributed by atoms with Crippen LogP contribution in [-0.4, -0.2) is 32.5 Å². The van der Waals surface area contributed by atoms with Crippen LogP contribution >= 0.6 is 0 Å². The quantitative estimate of drug-likeness (QED) is 0.295. The van der Waals surface area contributed by atoms with Gasteiger partial charge in [-0.25, -0.2) is 0 Å². The van der Waals surface area contributed by atoms with Gasteiger partial charge in [-0.05, 0) is 24.6 Å². The first kappa shape index (κ1) is 22.3. The van der Waals surface area contributed by atoms with Crippen LogP contribution in [-0.2, 0) is 6.54 Å². The molecule has 12 nitrogen and oxygen atoms in total. The Morgan fingerprint density at radius 2 is 1.78 bits per heavy atom. The van der Waals surface area contributed by atoms with Crippen molar-refractivity contribution in [1.29, 1.82) is 0 Å². The largest absolute Gasteiger partial charge is 0.497 e. The molecule has 12 heteroatoms. The monoisotopic (exact) mass is 441 g/mol. The number of nitro benzene ring substituents is 2. The lowest BCUT2D eigenvalue weighted by atomic mass is 10.1. The topological polar surface area (TPSA) is 162 Å². The number of hydrogen-bond donors (Lipinski definition) is 1. The number of azo groups is 1. The van der Waals surface area contributed by atoms with Gasteiger partial charge < -0.3 is 14.4 Å². The van der Waals surface area contributed by atoms with E-state index in [1.54, 1.807) is 22.8 Å². The van der Waals surface area contributed by atoms with E-state index >= 15 is 0 Å². The molecule has 1 amide bonds. The fraction of sp³-hybridized carbons (Fsp3) is 0.250. The fourth-order valence-corrected chi connectivity index (χ4v) is 3.15. The van der Waals surface area contributed by atoms with Gasteiger partial charge in [0.1, 0.15) is 5.75 Å². The molecule has 0 aliphatic rings. The lowest BCUT2D eigenvalue weighted by Gasteiger charge is -2.05. The van der Waals surface area contributed by atoms with Crippen molar-refractivity contribution in [2.45, 2.75) is 26.3 Å². The third-order valence-electron chi connectivity index (χ3n) is 4.76. The smallest absolute Gasteiger partial charge is 0.295 e. The van der Waals surface area contributed by atoms with Crippen molar-refractivity contribution in [3.05, 3.63) is 62.2 Å². The van der Waals surface area contributed by atoms with E-state index in [0.29, 0.717) is 23.2 Å². The zero-order valence-corrected chi connectivity index (χ0v) is 17.2. The van der Waals surface area contributed by atoms with E-state index in [2.05, 4.69) is 10.2 Å². The molecular formula is C20H19N5O7. The summed E-state index contributed by atoms with van der Waals surface area (Å²) in [6.45, 7) is 2.51. The first-order valence-corrected chi connectivity index (χ1v) is 9.56. The number of non-ortho nitro benzene ring substituents is 2. The molecule has 0 unspecified atom stereocenters. The maximum atomic E-state index is 12.5. The number of aryl methyl sites for hydroxylation is 1. The minimum atomic E-state index is -1.03. The van der Waals surface area contributed by atoms with Crippen LogP contribution in [0, 0.1) is 20.2 Å². The number of hydrogen-bond acceptors (Lipinski definition) is 8. The number of nitro groups is 2. The van der Waals surface area contributed by atoms with Gasteiger partial charge in [-0.2, -0.15) is 0 Å². The first-order valence-electron chi connectivity index (χ1n) is 9.56. The van der Waals surface area contributed by atoms with E-state index in [-0.39, 0.29) is 17.1 Å². The highest BCUT2D eigenvalue weighted by molar-refractivity contribution is 5.98. The second-order valence-electron chi connectivity index (χ2n) is 6.82. The molecule has 2 aromatic carbocycles. The molecule has 0 aliphatic carbocycles.